The predicted molar refractivity (Wildman–Crippen MR) is 77.3 cm³/mol. The topological polar surface area (TPSA) is 47.9 Å². The molecular formula is C14H19NO3S. The monoisotopic (exact) mass is 281 g/mol. The van der Waals surface area contributed by atoms with E-state index in [0.717, 1.165) is 11.5 Å². The third-order valence-corrected chi connectivity index (χ3v) is 4.31. The summed E-state index contributed by atoms with van der Waals surface area (Å²) in [4.78, 5) is 16.5. The SMILES string of the molecule is COC1=CC(=O)C=C(OC)C12CC(C)(C)N=C2SC. The van der Waals surface area contributed by atoms with Gasteiger partial charge in [-0.15, -0.1) is 11.8 Å². The van der Waals surface area contributed by atoms with Crippen LogP contribution >= 0.6 is 11.8 Å². The molecule has 4 nitrogen and oxygen atoms in total. The van der Waals surface area contributed by atoms with Crippen LogP contribution in [0.2, 0.25) is 0 Å². The van der Waals surface area contributed by atoms with Crippen LogP contribution in [-0.4, -0.2) is 36.8 Å². The Morgan fingerprint density at radius 1 is 1.21 bits per heavy atom. The summed E-state index contributed by atoms with van der Waals surface area (Å²) < 4.78 is 11.0. The van der Waals surface area contributed by atoms with Crippen molar-refractivity contribution in [1.29, 1.82) is 0 Å². The van der Waals surface area contributed by atoms with Gasteiger partial charge >= 0.3 is 0 Å². The molecule has 0 aromatic carbocycles. The van der Waals surface area contributed by atoms with E-state index in [9.17, 15) is 4.79 Å². The Labute approximate surface area is 117 Å². The van der Waals surface area contributed by atoms with Gasteiger partial charge in [0.05, 0.1) is 24.8 Å². The van der Waals surface area contributed by atoms with E-state index in [-0.39, 0.29) is 11.3 Å². The molecule has 0 aromatic heterocycles. The minimum absolute atomic E-state index is 0.107. The van der Waals surface area contributed by atoms with Crippen molar-refractivity contribution in [1.82, 2.24) is 0 Å². The van der Waals surface area contributed by atoms with Crippen molar-refractivity contribution in [3.05, 3.63) is 23.7 Å². The van der Waals surface area contributed by atoms with E-state index >= 15 is 0 Å². The van der Waals surface area contributed by atoms with Crippen LogP contribution in [0.3, 0.4) is 0 Å². The summed E-state index contributed by atoms with van der Waals surface area (Å²) in [6.45, 7) is 4.16. The average molecular weight is 281 g/mol. The van der Waals surface area contributed by atoms with E-state index < -0.39 is 5.41 Å². The molecule has 19 heavy (non-hydrogen) atoms. The number of hydrogen-bond donors (Lipinski definition) is 0. The lowest BCUT2D eigenvalue weighted by molar-refractivity contribution is -0.111. The van der Waals surface area contributed by atoms with Crippen LogP contribution in [0, 0.1) is 5.41 Å². The molecule has 0 saturated heterocycles. The second-order valence-corrected chi connectivity index (χ2v) is 6.14. The Balaban J connectivity index is 2.62. The van der Waals surface area contributed by atoms with E-state index in [0.29, 0.717) is 11.5 Å². The molecule has 0 saturated carbocycles. The first-order chi connectivity index (χ1) is 8.89. The summed E-state index contributed by atoms with van der Waals surface area (Å²) in [6, 6.07) is 0. The standard InChI is InChI=1S/C14H19NO3S/c1-13(2)8-14(12(15-13)19-5)10(17-3)6-9(16)7-11(14)18-4/h6-7H,8H2,1-5H3. The third kappa shape index (κ3) is 2.10. The van der Waals surface area contributed by atoms with E-state index in [1.54, 1.807) is 26.0 Å². The van der Waals surface area contributed by atoms with Crippen LogP contribution in [0.15, 0.2) is 28.7 Å². The fourth-order valence-electron chi connectivity index (χ4n) is 2.87. The van der Waals surface area contributed by atoms with Crippen molar-refractivity contribution < 1.29 is 14.3 Å². The molecule has 2 rings (SSSR count). The quantitative estimate of drug-likeness (QED) is 0.780. The highest BCUT2D eigenvalue weighted by Crippen LogP contribution is 2.53. The number of methoxy groups -OCH3 is 2. The fraction of sp³-hybridized carbons (Fsp3) is 0.571. The number of thioether (sulfide) groups is 1. The van der Waals surface area contributed by atoms with Gasteiger partial charge in [0.2, 0.25) is 0 Å². The van der Waals surface area contributed by atoms with Gasteiger partial charge in [-0.3, -0.25) is 9.79 Å². The summed E-state index contributed by atoms with van der Waals surface area (Å²) in [7, 11) is 3.17. The van der Waals surface area contributed by atoms with Gasteiger partial charge in [0.1, 0.15) is 16.9 Å². The number of rotatable bonds is 2. The maximum absolute atomic E-state index is 11.7. The Morgan fingerprint density at radius 3 is 2.16 bits per heavy atom. The van der Waals surface area contributed by atoms with Gasteiger partial charge in [-0.05, 0) is 26.5 Å². The Hall–Kier alpha value is -1.23. The second kappa shape index (κ2) is 4.71. The maximum Gasteiger partial charge on any atom is 0.185 e. The first-order valence-electron chi connectivity index (χ1n) is 6.10. The molecule has 0 unspecified atom stereocenters. The summed E-state index contributed by atoms with van der Waals surface area (Å²) >= 11 is 1.58. The number of carbonyl (C=O) groups excluding carboxylic acids is 1. The van der Waals surface area contributed by atoms with Gasteiger partial charge in [-0.1, -0.05) is 0 Å². The zero-order valence-corrected chi connectivity index (χ0v) is 12.8. The molecule has 0 aromatic rings. The molecular weight excluding hydrogens is 262 g/mol. The zero-order valence-electron chi connectivity index (χ0n) is 11.9. The van der Waals surface area contributed by atoms with Crippen LogP contribution in [0.5, 0.6) is 0 Å². The molecule has 0 N–H and O–H groups in total. The summed E-state index contributed by atoms with van der Waals surface area (Å²) in [6.07, 6.45) is 5.80. The molecule has 0 radical (unpaired) electrons. The average Bonchev–Trinajstić information content (AvgIpc) is 2.64. The normalized spacial score (nSPS) is 23.8. The van der Waals surface area contributed by atoms with Gasteiger partial charge in [0.15, 0.2) is 5.78 Å². The molecule has 1 spiro atoms. The van der Waals surface area contributed by atoms with E-state index in [4.69, 9.17) is 14.5 Å². The first kappa shape index (κ1) is 14.2. The molecule has 104 valence electrons. The lowest BCUT2D eigenvalue weighted by Crippen LogP contribution is -2.37. The van der Waals surface area contributed by atoms with Crippen molar-refractivity contribution in [2.75, 3.05) is 20.5 Å². The number of hydrogen-bond acceptors (Lipinski definition) is 5. The van der Waals surface area contributed by atoms with Crippen molar-refractivity contribution in [3.8, 4) is 0 Å². The highest BCUT2D eigenvalue weighted by Gasteiger charge is 2.55. The highest BCUT2D eigenvalue weighted by atomic mass is 32.2. The number of aliphatic imine (C=N–C) groups is 1. The molecule has 0 amide bonds. The third-order valence-electron chi connectivity index (χ3n) is 3.49. The van der Waals surface area contributed by atoms with Crippen LogP contribution in [0.1, 0.15) is 20.3 Å². The molecule has 0 atom stereocenters. The highest BCUT2D eigenvalue weighted by molar-refractivity contribution is 8.13. The lowest BCUT2D eigenvalue weighted by Gasteiger charge is -2.35. The van der Waals surface area contributed by atoms with Crippen LogP contribution in [-0.2, 0) is 14.3 Å². The van der Waals surface area contributed by atoms with E-state index in [2.05, 4.69) is 13.8 Å². The summed E-state index contributed by atoms with van der Waals surface area (Å²) in [5, 5.41) is 0.936. The summed E-state index contributed by atoms with van der Waals surface area (Å²) in [5.41, 5.74) is -0.742. The van der Waals surface area contributed by atoms with Crippen molar-refractivity contribution in [3.63, 3.8) is 0 Å². The Bertz CT molecular complexity index is 479. The van der Waals surface area contributed by atoms with Gasteiger partial charge < -0.3 is 9.47 Å². The van der Waals surface area contributed by atoms with E-state index in [1.807, 2.05) is 6.26 Å². The number of nitrogens with zero attached hydrogens (tertiary/aromatic N) is 1. The van der Waals surface area contributed by atoms with Gasteiger partial charge in [-0.25, -0.2) is 0 Å². The van der Waals surface area contributed by atoms with Crippen molar-refractivity contribution in [2.24, 2.45) is 10.4 Å². The van der Waals surface area contributed by atoms with Crippen molar-refractivity contribution >= 4 is 22.6 Å². The Kier molecular flexibility index (Phi) is 3.51. The van der Waals surface area contributed by atoms with Gasteiger partial charge in [0, 0.05) is 12.2 Å². The Morgan fingerprint density at radius 2 is 1.74 bits per heavy atom. The maximum atomic E-state index is 11.7. The van der Waals surface area contributed by atoms with Crippen LogP contribution < -0.4 is 0 Å². The zero-order chi connectivity index (χ0) is 14.3. The molecule has 0 fully saturated rings. The fourth-order valence-corrected chi connectivity index (χ4v) is 3.83. The lowest BCUT2D eigenvalue weighted by atomic mass is 9.75. The van der Waals surface area contributed by atoms with Crippen LogP contribution in [0.25, 0.3) is 0 Å². The number of ether oxygens (including phenoxy) is 2. The smallest absolute Gasteiger partial charge is 0.185 e. The first-order valence-corrected chi connectivity index (χ1v) is 7.33. The molecule has 1 aliphatic carbocycles. The minimum atomic E-state index is -0.541. The summed E-state index contributed by atoms with van der Waals surface area (Å²) in [5.74, 6) is 1.13. The molecule has 1 heterocycles. The number of allylic oxidation sites excluding steroid dienone is 2. The van der Waals surface area contributed by atoms with Crippen molar-refractivity contribution in [2.45, 2.75) is 25.8 Å². The molecule has 1 aliphatic heterocycles. The van der Waals surface area contributed by atoms with Crippen LogP contribution in [0.4, 0.5) is 0 Å². The molecule has 2 aliphatic rings. The van der Waals surface area contributed by atoms with Gasteiger partial charge in [-0.2, -0.15) is 0 Å². The largest absolute Gasteiger partial charge is 0.499 e. The van der Waals surface area contributed by atoms with E-state index in [1.165, 1.54) is 12.2 Å². The number of ketones is 1. The minimum Gasteiger partial charge on any atom is -0.499 e. The number of carbonyl (C=O) groups is 1. The predicted octanol–water partition coefficient (Wildman–Crippen LogP) is 2.56. The second-order valence-electron chi connectivity index (χ2n) is 5.34. The van der Waals surface area contributed by atoms with Gasteiger partial charge in [0.25, 0.3) is 0 Å². The molecule has 5 heteroatoms. The molecule has 0 bridgehead atoms.